The van der Waals surface area contributed by atoms with E-state index in [0.29, 0.717) is 31.7 Å². The molecule has 0 aliphatic carbocycles. The fraction of sp³-hybridized carbons (Fsp3) is 0.0278. The van der Waals surface area contributed by atoms with Gasteiger partial charge in [0.15, 0.2) is 0 Å². The number of thioether (sulfide) groups is 1. The molecule has 0 heterocycles. The standard InChI is InChI=1S/C36H26BrFN4O5S/c37-26-16-19-31(30(38)21-26)40-36(45)33(24-8-3-1-4-9-24)48-29-13-7-12-27(22-29)39-35(44)32(41-34(43)25-10-5-2-6-11-25)20-23-14-17-28(18-15-23)42(46)47/h1-22,33H,(H,39,44)(H,40,45)(H,41,43)/b32-20+. The Morgan fingerprint density at radius 3 is 2.17 bits per heavy atom. The number of benzene rings is 5. The van der Waals surface area contributed by atoms with Crippen LogP contribution in [-0.4, -0.2) is 22.6 Å². The van der Waals surface area contributed by atoms with Crippen LogP contribution in [0.3, 0.4) is 0 Å². The molecular formula is C36H26BrFN4O5S. The largest absolute Gasteiger partial charge is 0.322 e. The molecule has 5 rings (SSSR count). The Morgan fingerprint density at radius 2 is 1.50 bits per heavy atom. The number of carbonyl (C=O) groups is 3. The predicted octanol–water partition coefficient (Wildman–Crippen LogP) is 8.38. The highest BCUT2D eigenvalue weighted by Gasteiger charge is 2.24. The highest BCUT2D eigenvalue weighted by Crippen LogP contribution is 2.37. The van der Waals surface area contributed by atoms with Crippen molar-refractivity contribution in [3.63, 3.8) is 0 Å². The summed E-state index contributed by atoms with van der Waals surface area (Å²) in [6.45, 7) is 0. The summed E-state index contributed by atoms with van der Waals surface area (Å²) in [7, 11) is 0. The first-order chi connectivity index (χ1) is 23.2. The van der Waals surface area contributed by atoms with Gasteiger partial charge in [-0.05, 0) is 77.9 Å². The third kappa shape index (κ3) is 9.02. The number of nitrogens with one attached hydrogen (secondary N) is 3. The van der Waals surface area contributed by atoms with Gasteiger partial charge in [0.2, 0.25) is 5.91 Å². The molecule has 0 aromatic heterocycles. The van der Waals surface area contributed by atoms with Crippen molar-refractivity contribution in [2.45, 2.75) is 10.1 Å². The van der Waals surface area contributed by atoms with Crippen molar-refractivity contribution in [2.24, 2.45) is 0 Å². The second kappa shape index (κ2) is 15.8. The zero-order valence-corrected chi connectivity index (χ0v) is 27.3. The minimum Gasteiger partial charge on any atom is -0.322 e. The fourth-order valence-corrected chi connectivity index (χ4v) is 5.89. The van der Waals surface area contributed by atoms with E-state index in [0.717, 1.165) is 0 Å². The molecule has 240 valence electrons. The molecule has 0 aliphatic rings. The van der Waals surface area contributed by atoms with Gasteiger partial charge < -0.3 is 16.0 Å². The molecule has 48 heavy (non-hydrogen) atoms. The average Bonchev–Trinajstić information content (AvgIpc) is 3.09. The molecule has 3 N–H and O–H groups in total. The number of non-ortho nitro benzene ring substituents is 1. The number of amides is 3. The maximum Gasteiger partial charge on any atom is 0.272 e. The Morgan fingerprint density at radius 1 is 0.812 bits per heavy atom. The summed E-state index contributed by atoms with van der Waals surface area (Å²) >= 11 is 4.43. The molecule has 0 bridgehead atoms. The molecular weight excluding hydrogens is 699 g/mol. The Hall–Kier alpha value is -5.59. The highest BCUT2D eigenvalue weighted by atomic mass is 79.9. The first-order valence-corrected chi connectivity index (χ1v) is 16.0. The molecule has 1 unspecified atom stereocenters. The summed E-state index contributed by atoms with van der Waals surface area (Å²) in [4.78, 5) is 51.3. The molecule has 0 fully saturated rings. The molecule has 0 radical (unpaired) electrons. The highest BCUT2D eigenvalue weighted by molar-refractivity contribution is 9.10. The van der Waals surface area contributed by atoms with E-state index >= 15 is 0 Å². The number of nitro benzene ring substituents is 1. The van der Waals surface area contributed by atoms with Gasteiger partial charge in [0.25, 0.3) is 17.5 Å². The Labute approximate surface area is 287 Å². The van der Waals surface area contributed by atoms with Crippen LogP contribution in [-0.2, 0) is 9.59 Å². The van der Waals surface area contributed by atoms with Gasteiger partial charge in [-0.1, -0.05) is 70.5 Å². The maximum atomic E-state index is 14.6. The van der Waals surface area contributed by atoms with E-state index in [4.69, 9.17) is 0 Å². The number of hydrogen-bond donors (Lipinski definition) is 3. The van der Waals surface area contributed by atoms with Gasteiger partial charge in [-0.25, -0.2) is 4.39 Å². The van der Waals surface area contributed by atoms with Gasteiger partial charge in [0, 0.05) is 32.8 Å². The molecule has 3 amide bonds. The summed E-state index contributed by atoms with van der Waals surface area (Å²) in [5.74, 6) is -2.21. The van der Waals surface area contributed by atoms with Crippen molar-refractivity contribution in [1.29, 1.82) is 0 Å². The lowest BCUT2D eigenvalue weighted by atomic mass is 10.1. The van der Waals surface area contributed by atoms with Crippen LogP contribution in [0.15, 0.2) is 142 Å². The van der Waals surface area contributed by atoms with E-state index in [-0.39, 0.29) is 17.1 Å². The number of anilines is 2. The van der Waals surface area contributed by atoms with Crippen molar-refractivity contribution in [2.75, 3.05) is 10.6 Å². The first-order valence-electron chi connectivity index (χ1n) is 14.4. The zero-order valence-electron chi connectivity index (χ0n) is 24.9. The lowest BCUT2D eigenvalue weighted by molar-refractivity contribution is -0.384. The second-order valence-corrected chi connectivity index (χ2v) is 12.3. The SMILES string of the molecule is O=C(Nc1cccc(SC(C(=O)Nc2ccc(Br)cc2F)c2ccccc2)c1)/C(=C\c1ccc([N+](=O)[O-])cc1)NC(=O)c1ccccc1. The minimum absolute atomic E-state index is 0.0376. The number of carbonyl (C=O) groups excluding carboxylic acids is 3. The normalized spacial score (nSPS) is 11.7. The summed E-state index contributed by atoms with van der Waals surface area (Å²) in [5, 5.41) is 18.4. The lowest BCUT2D eigenvalue weighted by Gasteiger charge is -2.18. The number of nitrogens with zero attached hydrogens (tertiary/aromatic N) is 1. The Bertz CT molecular complexity index is 1990. The first kappa shape index (κ1) is 33.8. The van der Waals surface area contributed by atoms with Crippen molar-refractivity contribution < 1.29 is 23.7 Å². The summed E-state index contributed by atoms with van der Waals surface area (Å²) in [6.07, 6.45) is 1.41. The van der Waals surface area contributed by atoms with Crippen LogP contribution >= 0.6 is 27.7 Å². The van der Waals surface area contributed by atoms with Crippen LogP contribution in [0.1, 0.15) is 26.7 Å². The molecule has 1 atom stereocenters. The van der Waals surface area contributed by atoms with Gasteiger partial charge in [0.05, 0.1) is 10.6 Å². The van der Waals surface area contributed by atoms with Gasteiger partial charge in [-0.15, -0.1) is 11.8 Å². The maximum absolute atomic E-state index is 14.6. The number of rotatable bonds is 11. The summed E-state index contributed by atoms with van der Waals surface area (Å²) in [5.41, 5.74) is 1.65. The van der Waals surface area contributed by atoms with E-state index in [9.17, 15) is 28.9 Å². The summed E-state index contributed by atoms with van der Waals surface area (Å²) < 4.78 is 15.1. The second-order valence-electron chi connectivity index (χ2n) is 10.2. The van der Waals surface area contributed by atoms with Gasteiger partial charge in [-0.3, -0.25) is 24.5 Å². The van der Waals surface area contributed by atoms with Crippen LogP contribution in [0.25, 0.3) is 6.08 Å². The average molecular weight is 726 g/mol. The molecule has 0 spiro atoms. The molecule has 0 saturated carbocycles. The monoisotopic (exact) mass is 724 g/mol. The van der Waals surface area contributed by atoms with Crippen molar-refractivity contribution in [1.82, 2.24) is 5.32 Å². The predicted molar refractivity (Wildman–Crippen MR) is 188 cm³/mol. The van der Waals surface area contributed by atoms with Crippen LogP contribution in [0, 0.1) is 15.9 Å². The number of hydrogen-bond acceptors (Lipinski definition) is 6. The van der Waals surface area contributed by atoms with Crippen LogP contribution in [0.5, 0.6) is 0 Å². The third-order valence-electron chi connectivity index (χ3n) is 6.82. The number of nitro groups is 1. The van der Waals surface area contributed by atoms with Gasteiger partial charge in [-0.2, -0.15) is 0 Å². The van der Waals surface area contributed by atoms with Gasteiger partial charge >= 0.3 is 0 Å². The number of halogens is 2. The third-order valence-corrected chi connectivity index (χ3v) is 8.56. The van der Waals surface area contributed by atoms with Crippen molar-refractivity contribution in [3.8, 4) is 0 Å². The van der Waals surface area contributed by atoms with Crippen molar-refractivity contribution >= 4 is 68.6 Å². The minimum atomic E-state index is -0.775. The molecule has 5 aromatic rings. The van der Waals surface area contributed by atoms with Crippen LogP contribution in [0.4, 0.5) is 21.5 Å². The van der Waals surface area contributed by atoms with E-state index in [1.54, 1.807) is 84.9 Å². The van der Waals surface area contributed by atoms with Crippen molar-refractivity contribution in [3.05, 3.63) is 170 Å². The topological polar surface area (TPSA) is 130 Å². The molecule has 9 nitrogen and oxygen atoms in total. The molecule has 0 saturated heterocycles. The van der Waals surface area contributed by atoms with E-state index in [1.165, 1.54) is 54.2 Å². The lowest BCUT2D eigenvalue weighted by Crippen LogP contribution is -2.30. The molecule has 12 heteroatoms. The van der Waals surface area contributed by atoms with Crippen LogP contribution in [0.2, 0.25) is 0 Å². The Kier molecular flexibility index (Phi) is 11.1. The Balaban J connectivity index is 1.39. The molecule has 0 aliphatic heterocycles. The quantitative estimate of drug-likeness (QED) is 0.0543. The fourth-order valence-electron chi connectivity index (χ4n) is 4.47. The van der Waals surface area contributed by atoms with E-state index in [1.807, 2.05) is 6.07 Å². The van der Waals surface area contributed by atoms with Gasteiger partial charge in [0.1, 0.15) is 16.8 Å². The van der Waals surface area contributed by atoms with E-state index < -0.39 is 33.7 Å². The zero-order chi connectivity index (χ0) is 34.0. The summed E-state index contributed by atoms with van der Waals surface area (Å²) in [6, 6.07) is 34.0. The molecule has 5 aromatic carbocycles. The smallest absolute Gasteiger partial charge is 0.272 e. The van der Waals surface area contributed by atoms with Crippen LogP contribution < -0.4 is 16.0 Å². The van der Waals surface area contributed by atoms with E-state index in [2.05, 4.69) is 31.9 Å².